The summed E-state index contributed by atoms with van der Waals surface area (Å²) in [5, 5.41) is 0. The van der Waals surface area contributed by atoms with Crippen LogP contribution in [0.1, 0.15) is 42.6 Å². The van der Waals surface area contributed by atoms with Crippen LogP contribution in [0.15, 0.2) is 24.3 Å². The number of nitrogens with zero attached hydrogens (tertiary/aromatic N) is 3. The standard InChI is InChI=1S/C20H27N3O3/c1-15(2)19(25)21-10-12-22(13-11-21)20(26)17-7-5-16(6-8-17)14-23-9-3-4-18(23)24/h5-8,15H,3-4,9-14H2,1-2H3. The molecule has 0 aliphatic carbocycles. The highest BCUT2D eigenvalue weighted by Crippen LogP contribution is 2.16. The number of likely N-dealkylation sites (tertiary alicyclic amines) is 1. The molecule has 1 aromatic carbocycles. The van der Waals surface area contributed by atoms with Gasteiger partial charge < -0.3 is 14.7 Å². The Bertz CT molecular complexity index is 676. The second kappa shape index (κ2) is 7.89. The van der Waals surface area contributed by atoms with Gasteiger partial charge in [-0.25, -0.2) is 0 Å². The lowest BCUT2D eigenvalue weighted by molar-refractivity contribution is -0.136. The van der Waals surface area contributed by atoms with E-state index in [1.807, 2.05) is 52.8 Å². The predicted octanol–water partition coefficient (Wildman–Crippen LogP) is 1.75. The fourth-order valence-corrected chi connectivity index (χ4v) is 3.52. The molecule has 2 heterocycles. The van der Waals surface area contributed by atoms with E-state index in [0.29, 0.717) is 44.7 Å². The summed E-state index contributed by atoms with van der Waals surface area (Å²) in [4.78, 5) is 41.9. The first-order valence-electron chi connectivity index (χ1n) is 9.40. The maximum absolute atomic E-state index is 12.7. The van der Waals surface area contributed by atoms with Crippen molar-refractivity contribution in [1.29, 1.82) is 0 Å². The molecule has 2 fully saturated rings. The Morgan fingerprint density at radius 1 is 0.962 bits per heavy atom. The molecule has 0 bridgehead atoms. The third kappa shape index (κ3) is 4.06. The van der Waals surface area contributed by atoms with Crippen molar-refractivity contribution in [2.45, 2.75) is 33.2 Å². The molecule has 0 spiro atoms. The summed E-state index contributed by atoms with van der Waals surface area (Å²) in [6, 6.07) is 7.53. The molecule has 3 rings (SSSR count). The molecule has 2 aliphatic rings. The van der Waals surface area contributed by atoms with E-state index in [2.05, 4.69) is 0 Å². The summed E-state index contributed by atoms with van der Waals surface area (Å²) < 4.78 is 0. The topological polar surface area (TPSA) is 60.9 Å². The SMILES string of the molecule is CC(C)C(=O)N1CCN(C(=O)c2ccc(CN3CCCC3=O)cc2)CC1. The minimum atomic E-state index is -0.00714. The van der Waals surface area contributed by atoms with Crippen molar-refractivity contribution < 1.29 is 14.4 Å². The predicted molar refractivity (Wildman–Crippen MR) is 98.4 cm³/mol. The summed E-state index contributed by atoms with van der Waals surface area (Å²) in [5.74, 6) is 0.356. The van der Waals surface area contributed by atoms with Gasteiger partial charge in [0, 0.05) is 57.2 Å². The van der Waals surface area contributed by atoms with Crippen molar-refractivity contribution in [3.63, 3.8) is 0 Å². The van der Waals surface area contributed by atoms with Crippen molar-refractivity contribution in [2.75, 3.05) is 32.7 Å². The normalized spacial score (nSPS) is 18.0. The average Bonchev–Trinajstić information content (AvgIpc) is 3.06. The Balaban J connectivity index is 1.55. The van der Waals surface area contributed by atoms with Crippen LogP contribution in [0.25, 0.3) is 0 Å². The molecule has 0 saturated carbocycles. The van der Waals surface area contributed by atoms with Crippen LogP contribution in [0.2, 0.25) is 0 Å². The number of hydrogen-bond acceptors (Lipinski definition) is 3. The molecule has 0 aromatic heterocycles. The van der Waals surface area contributed by atoms with Gasteiger partial charge in [0.15, 0.2) is 0 Å². The van der Waals surface area contributed by atoms with Gasteiger partial charge in [0.05, 0.1) is 0 Å². The Kier molecular flexibility index (Phi) is 5.59. The zero-order valence-electron chi connectivity index (χ0n) is 15.6. The Labute approximate surface area is 154 Å². The summed E-state index contributed by atoms with van der Waals surface area (Å²) in [6.07, 6.45) is 1.57. The van der Waals surface area contributed by atoms with Crippen molar-refractivity contribution in [3.05, 3.63) is 35.4 Å². The molecule has 6 heteroatoms. The lowest BCUT2D eigenvalue weighted by atomic mass is 10.1. The van der Waals surface area contributed by atoms with E-state index >= 15 is 0 Å². The van der Waals surface area contributed by atoms with E-state index in [9.17, 15) is 14.4 Å². The average molecular weight is 357 g/mol. The molecule has 6 nitrogen and oxygen atoms in total. The molecular weight excluding hydrogens is 330 g/mol. The van der Waals surface area contributed by atoms with Crippen molar-refractivity contribution in [2.24, 2.45) is 5.92 Å². The lowest BCUT2D eigenvalue weighted by Crippen LogP contribution is -2.51. The minimum Gasteiger partial charge on any atom is -0.339 e. The molecule has 140 valence electrons. The summed E-state index contributed by atoms with van der Waals surface area (Å²) in [6.45, 7) is 7.56. The smallest absolute Gasteiger partial charge is 0.253 e. The van der Waals surface area contributed by atoms with Gasteiger partial charge in [-0.05, 0) is 24.1 Å². The van der Waals surface area contributed by atoms with E-state index in [-0.39, 0.29) is 23.6 Å². The summed E-state index contributed by atoms with van der Waals surface area (Å²) in [7, 11) is 0. The van der Waals surface area contributed by atoms with E-state index in [4.69, 9.17) is 0 Å². The number of carbonyl (C=O) groups excluding carboxylic acids is 3. The number of rotatable bonds is 4. The van der Waals surface area contributed by atoms with Crippen molar-refractivity contribution in [1.82, 2.24) is 14.7 Å². The molecule has 26 heavy (non-hydrogen) atoms. The maximum Gasteiger partial charge on any atom is 0.253 e. The van der Waals surface area contributed by atoms with Crippen molar-refractivity contribution >= 4 is 17.7 Å². The molecule has 1 aromatic rings. The molecule has 3 amide bonds. The van der Waals surface area contributed by atoms with Crippen LogP contribution in [0, 0.1) is 5.92 Å². The van der Waals surface area contributed by atoms with Gasteiger partial charge in [-0.3, -0.25) is 14.4 Å². The monoisotopic (exact) mass is 357 g/mol. The molecule has 0 unspecified atom stereocenters. The highest BCUT2D eigenvalue weighted by atomic mass is 16.2. The van der Waals surface area contributed by atoms with Crippen LogP contribution in [0.3, 0.4) is 0 Å². The van der Waals surface area contributed by atoms with Gasteiger partial charge >= 0.3 is 0 Å². The zero-order valence-corrected chi connectivity index (χ0v) is 15.6. The second-order valence-electron chi connectivity index (χ2n) is 7.39. The fraction of sp³-hybridized carbons (Fsp3) is 0.550. The third-order valence-corrected chi connectivity index (χ3v) is 5.12. The number of hydrogen-bond donors (Lipinski definition) is 0. The van der Waals surface area contributed by atoms with Gasteiger partial charge in [-0.1, -0.05) is 26.0 Å². The Morgan fingerprint density at radius 3 is 2.12 bits per heavy atom. The van der Waals surface area contributed by atoms with Crippen LogP contribution in [-0.2, 0) is 16.1 Å². The third-order valence-electron chi connectivity index (χ3n) is 5.12. The highest BCUT2D eigenvalue weighted by molar-refractivity contribution is 5.94. The zero-order chi connectivity index (χ0) is 18.7. The molecule has 0 N–H and O–H groups in total. The van der Waals surface area contributed by atoms with Crippen molar-refractivity contribution in [3.8, 4) is 0 Å². The number of benzene rings is 1. The largest absolute Gasteiger partial charge is 0.339 e. The molecular formula is C20H27N3O3. The van der Waals surface area contributed by atoms with Gasteiger partial charge in [-0.2, -0.15) is 0 Å². The Hall–Kier alpha value is -2.37. The quantitative estimate of drug-likeness (QED) is 0.825. The van der Waals surface area contributed by atoms with Crippen LogP contribution in [0.5, 0.6) is 0 Å². The molecule has 0 atom stereocenters. The van der Waals surface area contributed by atoms with Gasteiger partial charge in [0.1, 0.15) is 0 Å². The molecule has 0 radical (unpaired) electrons. The second-order valence-corrected chi connectivity index (χ2v) is 7.39. The fourth-order valence-electron chi connectivity index (χ4n) is 3.52. The van der Waals surface area contributed by atoms with Crippen LogP contribution in [-0.4, -0.2) is 65.1 Å². The number of piperazine rings is 1. The van der Waals surface area contributed by atoms with Crippen LogP contribution in [0.4, 0.5) is 0 Å². The Morgan fingerprint density at radius 2 is 1.58 bits per heavy atom. The first-order valence-corrected chi connectivity index (χ1v) is 9.40. The number of amides is 3. The lowest BCUT2D eigenvalue weighted by Gasteiger charge is -2.35. The van der Waals surface area contributed by atoms with Gasteiger partial charge in [0.25, 0.3) is 5.91 Å². The van der Waals surface area contributed by atoms with E-state index in [1.54, 1.807) is 0 Å². The minimum absolute atomic E-state index is 0.00504. The van der Waals surface area contributed by atoms with E-state index < -0.39 is 0 Å². The van der Waals surface area contributed by atoms with E-state index in [0.717, 1.165) is 18.5 Å². The first-order chi connectivity index (χ1) is 12.5. The first kappa shape index (κ1) is 18.4. The number of carbonyl (C=O) groups is 3. The van der Waals surface area contributed by atoms with E-state index in [1.165, 1.54) is 0 Å². The van der Waals surface area contributed by atoms with Crippen LogP contribution >= 0.6 is 0 Å². The molecule has 2 saturated heterocycles. The van der Waals surface area contributed by atoms with Gasteiger partial charge in [-0.15, -0.1) is 0 Å². The van der Waals surface area contributed by atoms with Gasteiger partial charge in [0.2, 0.25) is 11.8 Å². The summed E-state index contributed by atoms with van der Waals surface area (Å²) >= 11 is 0. The van der Waals surface area contributed by atoms with Crippen LogP contribution < -0.4 is 0 Å². The molecule has 2 aliphatic heterocycles. The maximum atomic E-state index is 12.7. The summed E-state index contributed by atoms with van der Waals surface area (Å²) in [5.41, 5.74) is 1.70. The highest BCUT2D eigenvalue weighted by Gasteiger charge is 2.26.